The van der Waals surface area contributed by atoms with E-state index in [1.807, 2.05) is 0 Å². The molecule has 0 aliphatic heterocycles. The van der Waals surface area contributed by atoms with E-state index in [2.05, 4.69) is 21.1 Å². The maximum atomic E-state index is 11.9. The summed E-state index contributed by atoms with van der Waals surface area (Å²) in [6.07, 6.45) is 14.6. The quantitative estimate of drug-likeness (QED) is 0.313. The molecule has 0 aromatic rings. The number of likely N-dealkylation sites (N-methyl/N-ethyl adjacent to an activating group) is 1. The molecule has 0 aromatic carbocycles. The van der Waals surface area contributed by atoms with E-state index in [-0.39, 0.29) is 0 Å². The number of rotatable bonds is 12. The van der Waals surface area contributed by atoms with Crippen molar-refractivity contribution < 1.29 is 18.5 Å². The average molecular weight is 348 g/mol. The maximum absolute atomic E-state index is 11.9. The summed E-state index contributed by atoms with van der Waals surface area (Å²) in [5, 5.41) is 0. The summed E-state index contributed by atoms with van der Waals surface area (Å²) in [6, 6.07) is 0. The normalized spacial score (nSPS) is 19.7. The summed E-state index contributed by atoms with van der Waals surface area (Å²) in [6.45, 7) is 1.12. The van der Waals surface area contributed by atoms with Crippen molar-refractivity contribution in [2.45, 2.75) is 70.6 Å². The van der Waals surface area contributed by atoms with Crippen LogP contribution in [0.15, 0.2) is 0 Å². The van der Waals surface area contributed by atoms with Crippen LogP contribution in [0.25, 0.3) is 0 Å². The molecule has 1 unspecified atom stereocenters. The Hall–Kier alpha value is 0.110. The Morgan fingerprint density at radius 3 is 2.26 bits per heavy atom. The van der Waals surface area contributed by atoms with E-state index >= 15 is 0 Å². The summed E-state index contributed by atoms with van der Waals surface area (Å²) in [4.78, 5) is 9.81. The van der Waals surface area contributed by atoms with Crippen LogP contribution in [0.5, 0.6) is 0 Å². The van der Waals surface area contributed by atoms with Crippen molar-refractivity contribution in [3.05, 3.63) is 0 Å². The smallest absolute Gasteiger partial charge is 0.328 e. The Morgan fingerprint density at radius 2 is 1.61 bits per heavy atom. The van der Waals surface area contributed by atoms with E-state index in [0.717, 1.165) is 29.8 Å². The van der Waals surface area contributed by atoms with Gasteiger partial charge in [0.1, 0.15) is 13.2 Å². The number of hydrogen-bond donors (Lipinski definition) is 1. The predicted molar refractivity (Wildman–Crippen MR) is 97.8 cm³/mol. The largest absolute Gasteiger partial charge is 0.329 e. The van der Waals surface area contributed by atoms with Crippen LogP contribution in [0, 0.1) is 5.92 Å². The first-order chi connectivity index (χ1) is 10.8. The van der Waals surface area contributed by atoms with Crippen LogP contribution in [0.3, 0.4) is 0 Å². The molecule has 0 amide bonds. The molecular formula is C18H39NO3P+. The fourth-order valence-corrected chi connectivity index (χ4v) is 4.39. The van der Waals surface area contributed by atoms with Crippen LogP contribution in [0.2, 0.25) is 0 Å². The third-order valence-electron chi connectivity index (χ3n) is 4.83. The topological polar surface area (TPSA) is 46.5 Å². The Bertz CT molecular complexity index is 349. The molecule has 0 saturated heterocycles. The maximum Gasteiger partial charge on any atom is 0.328 e. The lowest BCUT2D eigenvalue weighted by atomic mass is 9.85. The first kappa shape index (κ1) is 21.2. The van der Waals surface area contributed by atoms with Gasteiger partial charge >= 0.3 is 7.60 Å². The zero-order valence-electron chi connectivity index (χ0n) is 15.6. The molecule has 4 nitrogen and oxygen atoms in total. The number of hydrogen-bond acceptors (Lipinski definition) is 2. The van der Waals surface area contributed by atoms with Crippen molar-refractivity contribution in [2.75, 3.05) is 40.5 Å². The summed E-state index contributed by atoms with van der Waals surface area (Å²) >= 11 is 0. The van der Waals surface area contributed by atoms with Crippen molar-refractivity contribution in [3.63, 3.8) is 0 Å². The van der Waals surface area contributed by atoms with Crippen molar-refractivity contribution in [1.29, 1.82) is 0 Å². The fourth-order valence-electron chi connectivity index (χ4n) is 3.27. The molecule has 1 rings (SSSR count). The molecule has 1 atom stereocenters. The minimum atomic E-state index is -3.37. The lowest BCUT2D eigenvalue weighted by Crippen LogP contribution is -2.37. The molecule has 138 valence electrons. The second kappa shape index (κ2) is 10.9. The summed E-state index contributed by atoms with van der Waals surface area (Å²) in [5.41, 5.74) is 0. The lowest BCUT2D eigenvalue weighted by Gasteiger charge is -2.24. The van der Waals surface area contributed by atoms with Gasteiger partial charge in [-0.25, -0.2) is 0 Å². The zero-order valence-corrected chi connectivity index (χ0v) is 16.5. The molecule has 0 heterocycles. The van der Waals surface area contributed by atoms with Gasteiger partial charge < -0.3 is 13.9 Å². The number of nitrogens with zero attached hydrogens (tertiary/aromatic N) is 1. The standard InChI is InChI=1S/C18H38NO3P/c1-19(2,3)15-16-22-23(20,21)17-11-6-4-5-8-12-18-13-9-7-10-14-18/h18H,4-17H2,1-3H3/p+1. The van der Waals surface area contributed by atoms with E-state index in [1.165, 1.54) is 57.8 Å². The van der Waals surface area contributed by atoms with Crippen LogP contribution < -0.4 is 0 Å². The van der Waals surface area contributed by atoms with E-state index in [0.29, 0.717) is 12.8 Å². The van der Waals surface area contributed by atoms with Crippen molar-refractivity contribution in [1.82, 2.24) is 0 Å². The second-order valence-electron chi connectivity index (χ2n) is 8.27. The zero-order chi connectivity index (χ0) is 17.2. The molecule has 1 aliphatic rings. The second-order valence-corrected chi connectivity index (χ2v) is 10.2. The van der Waals surface area contributed by atoms with Gasteiger partial charge in [-0.3, -0.25) is 4.57 Å². The van der Waals surface area contributed by atoms with Gasteiger partial charge in [0.15, 0.2) is 0 Å². The summed E-state index contributed by atoms with van der Waals surface area (Å²) in [5.74, 6) is 0.982. The van der Waals surface area contributed by atoms with Crippen LogP contribution in [0.1, 0.15) is 70.6 Å². The Morgan fingerprint density at radius 1 is 1.00 bits per heavy atom. The molecule has 5 heteroatoms. The van der Waals surface area contributed by atoms with Gasteiger partial charge in [0.05, 0.1) is 21.1 Å². The Kier molecular flexibility index (Phi) is 10.00. The van der Waals surface area contributed by atoms with Crippen LogP contribution in [-0.4, -0.2) is 49.8 Å². The molecule has 0 aromatic heterocycles. The fraction of sp³-hybridized carbons (Fsp3) is 1.00. The highest BCUT2D eigenvalue weighted by Gasteiger charge is 2.20. The first-order valence-corrected chi connectivity index (χ1v) is 11.3. The third-order valence-corrected chi connectivity index (χ3v) is 6.30. The Balaban J connectivity index is 1.95. The van der Waals surface area contributed by atoms with E-state index in [4.69, 9.17) is 4.52 Å². The highest BCUT2D eigenvalue weighted by molar-refractivity contribution is 7.52. The third kappa shape index (κ3) is 12.2. The molecule has 23 heavy (non-hydrogen) atoms. The van der Waals surface area contributed by atoms with Gasteiger partial charge in [-0.1, -0.05) is 64.2 Å². The minimum Gasteiger partial charge on any atom is -0.329 e. The lowest BCUT2D eigenvalue weighted by molar-refractivity contribution is -0.870. The molecule has 1 N–H and O–H groups in total. The first-order valence-electron chi connectivity index (χ1n) is 9.55. The summed E-state index contributed by atoms with van der Waals surface area (Å²) < 4.78 is 17.9. The molecule has 0 bridgehead atoms. The van der Waals surface area contributed by atoms with Crippen molar-refractivity contribution in [3.8, 4) is 0 Å². The molecule has 1 saturated carbocycles. The molecule has 1 fully saturated rings. The molecular weight excluding hydrogens is 309 g/mol. The Labute approximate surface area is 143 Å². The van der Waals surface area contributed by atoms with Gasteiger partial charge in [0, 0.05) is 6.16 Å². The summed E-state index contributed by atoms with van der Waals surface area (Å²) in [7, 11) is 2.80. The van der Waals surface area contributed by atoms with Crippen LogP contribution >= 0.6 is 7.60 Å². The van der Waals surface area contributed by atoms with Gasteiger partial charge in [0.25, 0.3) is 0 Å². The van der Waals surface area contributed by atoms with E-state index < -0.39 is 7.60 Å². The highest BCUT2D eigenvalue weighted by atomic mass is 31.2. The molecule has 0 spiro atoms. The van der Waals surface area contributed by atoms with Crippen molar-refractivity contribution in [2.24, 2.45) is 5.92 Å². The van der Waals surface area contributed by atoms with Gasteiger partial charge in [-0.2, -0.15) is 0 Å². The number of quaternary nitrogens is 1. The van der Waals surface area contributed by atoms with E-state index in [9.17, 15) is 9.46 Å². The molecule has 0 radical (unpaired) electrons. The average Bonchev–Trinajstić information content (AvgIpc) is 2.45. The van der Waals surface area contributed by atoms with Gasteiger partial charge in [-0.05, 0) is 12.3 Å². The van der Waals surface area contributed by atoms with Crippen molar-refractivity contribution >= 4 is 7.60 Å². The van der Waals surface area contributed by atoms with Crippen LogP contribution in [-0.2, 0) is 9.09 Å². The molecule has 1 aliphatic carbocycles. The minimum absolute atomic E-state index is 0.312. The van der Waals surface area contributed by atoms with Gasteiger partial charge in [0.2, 0.25) is 0 Å². The predicted octanol–water partition coefficient (Wildman–Crippen LogP) is 4.82. The highest BCUT2D eigenvalue weighted by Crippen LogP contribution is 2.42. The van der Waals surface area contributed by atoms with Crippen LogP contribution in [0.4, 0.5) is 0 Å². The van der Waals surface area contributed by atoms with Gasteiger partial charge in [-0.15, -0.1) is 0 Å². The van der Waals surface area contributed by atoms with E-state index in [1.54, 1.807) is 0 Å². The SMILES string of the molecule is C[N+](C)(C)CCOP(=O)(O)CCCCCCCC1CCCCC1. The number of unbranched alkanes of at least 4 members (excludes halogenated alkanes) is 4. The monoisotopic (exact) mass is 348 g/mol.